The minimum atomic E-state index is -0.677. The molecule has 0 aliphatic rings. The molecule has 0 aliphatic carbocycles. The molecule has 2 aromatic carbocycles. The van der Waals surface area contributed by atoms with Crippen LogP contribution in [0, 0.1) is 0 Å². The van der Waals surface area contributed by atoms with Crippen LogP contribution in [0.5, 0.6) is 0 Å². The quantitative estimate of drug-likeness (QED) is 0.606. The van der Waals surface area contributed by atoms with Crippen LogP contribution in [0.4, 0.5) is 0 Å². The Hall–Kier alpha value is -1.90. The van der Waals surface area contributed by atoms with Crippen LogP contribution in [-0.2, 0) is 4.74 Å². The molecular weight excluding hydrogens is 248 g/mol. The molecule has 2 heteroatoms. The molecule has 1 N–H and O–H groups in total. The van der Waals surface area contributed by atoms with Crippen molar-refractivity contribution in [3.05, 3.63) is 84.4 Å². The van der Waals surface area contributed by atoms with Gasteiger partial charge in [-0.1, -0.05) is 66.7 Å². The van der Waals surface area contributed by atoms with E-state index < -0.39 is 6.10 Å². The molecule has 0 unspecified atom stereocenters. The van der Waals surface area contributed by atoms with E-state index in [9.17, 15) is 5.11 Å². The van der Waals surface area contributed by atoms with Crippen LogP contribution in [0.25, 0.3) is 0 Å². The molecule has 0 saturated carbocycles. The van der Waals surface area contributed by atoms with Crippen molar-refractivity contribution in [2.24, 2.45) is 0 Å². The fourth-order valence-electron chi connectivity index (χ4n) is 2.12. The molecule has 0 spiro atoms. The lowest BCUT2D eigenvalue weighted by Crippen LogP contribution is -2.15. The Morgan fingerprint density at radius 2 is 1.50 bits per heavy atom. The van der Waals surface area contributed by atoms with Gasteiger partial charge >= 0.3 is 0 Å². The van der Waals surface area contributed by atoms with Crippen molar-refractivity contribution >= 4 is 0 Å². The van der Waals surface area contributed by atoms with Crippen LogP contribution in [0.3, 0.4) is 0 Å². The first-order valence-corrected chi connectivity index (χ1v) is 6.83. The van der Waals surface area contributed by atoms with Gasteiger partial charge in [0.15, 0.2) is 0 Å². The molecule has 2 aromatic rings. The predicted octanol–water partition coefficient (Wildman–Crippen LogP) is 4.05. The number of aliphatic hydroxyl groups is 1. The monoisotopic (exact) mass is 268 g/mol. The van der Waals surface area contributed by atoms with Crippen molar-refractivity contribution in [3.8, 4) is 0 Å². The summed E-state index contributed by atoms with van der Waals surface area (Å²) < 4.78 is 5.86. The summed E-state index contributed by atoms with van der Waals surface area (Å²) in [4.78, 5) is 0. The summed E-state index contributed by atoms with van der Waals surface area (Å²) in [7, 11) is 0. The van der Waals surface area contributed by atoms with Gasteiger partial charge in [0.25, 0.3) is 0 Å². The molecule has 0 aromatic heterocycles. The molecule has 2 nitrogen and oxygen atoms in total. The van der Waals surface area contributed by atoms with Gasteiger partial charge in [-0.15, -0.1) is 6.58 Å². The summed E-state index contributed by atoms with van der Waals surface area (Å²) in [6.45, 7) is 4.24. The average Bonchev–Trinajstić information content (AvgIpc) is 2.53. The summed E-state index contributed by atoms with van der Waals surface area (Å²) in [6, 6.07) is 19.4. The van der Waals surface area contributed by atoms with Crippen molar-refractivity contribution < 1.29 is 9.84 Å². The van der Waals surface area contributed by atoms with Gasteiger partial charge in [-0.2, -0.15) is 0 Å². The maximum absolute atomic E-state index is 10.6. The summed E-state index contributed by atoms with van der Waals surface area (Å²) in [5.41, 5.74) is 1.84. The molecular formula is C18H20O2. The zero-order valence-electron chi connectivity index (χ0n) is 11.5. The molecule has 20 heavy (non-hydrogen) atoms. The van der Waals surface area contributed by atoms with E-state index in [1.54, 1.807) is 0 Å². The van der Waals surface area contributed by atoms with Crippen molar-refractivity contribution in [1.29, 1.82) is 0 Å². The summed E-state index contributed by atoms with van der Waals surface area (Å²) in [5, 5.41) is 10.6. The molecule has 2 atom stereocenters. The lowest BCUT2D eigenvalue weighted by Gasteiger charge is -2.24. The minimum Gasteiger partial charge on any atom is -0.385 e. The Labute approximate surface area is 120 Å². The summed E-state index contributed by atoms with van der Waals surface area (Å²) in [5.74, 6) is 0. The van der Waals surface area contributed by atoms with E-state index in [1.807, 2.05) is 66.7 Å². The van der Waals surface area contributed by atoms with E-state index in [0.29, 0.717) is 6.61 Å². The number of hydrogen-bond donors (Lipinski definition) is 1. The van der Waals surface area contributed by atoms with E-state index in [-0.39, 0.29) is 6.10 Å². The second-order valence-electron chi connectivity index (χ2n) is 4.63. The van der Waals surface area contributed by atoms with Crippen molar-refractivity contribution in [2.75, 3.05) is 6.61 Å². The highest BCUT2D eigenvalue weighted by molar-refractivity contribution is 5.25. The molecule has 2 rings (SSSR count). The highest BCUT2D eigenvalue weighted by Crippen LogP contribution is 2.31. The molecule has 0 amide bonds. The summed E-state index contributed by atoms with van der Waals surface area (Å²) in [6.07, 6.45) is 1.55. The Bertz CT molecular complexity index is 507. The molecule has 104 valence electrons. The molecule has 0 fully saturated rings. The van der Waals surface area contributed by atoms with Crippen LogP contribution in [0.1, 0.15) is 29.8 Å². The lowest BCUT2D eigenvalue weighted by atomic mass is 9.98. The number of aliphatic hydroxyl groups excluding tert-OH is 1. The van der Waals surface area contributed by atoms with Crippen LogP contribution in [-0.4, -0.2) is 11.7 Å². The minimum absolute atomic E-state index is 0.362. The topological polar surface area (TPSA) is 29.5 Å². The average molecular weight is 268 g/mol. The van der Waals surface area contributed by atoms with Gasteiger partial charge in [0.2, 0.25) is 0 Å². The van der Waals surface area contributed by atoms with E-state index in [0.717, 1.165) is 17.5 Å². The number of rotatable bonds is 7. The van der Waals surface area contributed by atoms with Gasteiger partial charge in [-0.05, 0) is 17.5 Å². The van der Waals surface area contributed by atoms with Gasteiger partial charge < -0.3 is 9.84 Å². The maximum Gasteiger partial charge on any atom is 0.113 e. The lowest BCUT2D eigenvalue weighted by molar-refractivity contribution is -0.0395. The number of hydrogen-bond acceptors (Lipinski definition) is 2. The van der Waals surface area contributed by atoms with Gasteiger partial charge in [0.05, 0.1) is 6.61 Å². The van der Waals surface area contributed by atoms with Crippen LogP contribution in [0.2, 0.25) is 0 Å². The first kappa shape index (κ1) is 14.5. The maximum atomic E-state index is 10.6. The normalized spacial score (nSPS) is 13.7. The first-order valence-electron chi connectivity index (χ1n) is 6.83. The van der Waals surface area contributed by atoms with E-state index in [4.69, 9.17) is 4.74 Å². The van der Waals surface area contributed by atoms with E-state index >= 15 is 0 Å². The first-order chi connectivity index (χ1) is 9.83. The van der Waals surface area contributed by atoms with E-state index in [1.165, 1.54) is 0 Å². The highest BCUT2D eigenvalue weighted by atomic mass is 16.5. The fourth-order valence-corrected chi connectivity index (χ4v) is 2.12. The molecule has 0 aliphatic heterocycles. The van der Waals surface area contributed by atoms with Crippen molar-refractivity contribution in [2.45, 2.75) is 18.6 Å². The zero-order valence-corrected chi connectivity index (χ0v) is 11.5. The second-order valence-corrected chi connectivity index (χ2v) is 4.63. The highest BCUT2D eigenvalue weighted by Gasteiger charge is 2.23. The third kappa shape index (κ3) is 3.80. The van der Waals surface area contributed by atoms with Crippen molar-refractivity contribution in [3.63, 3.8) is 0 Å². The third-order valence-electron chi connectivity index (χ3n) is 3.18. The van der Waals surface area contributed by atoms with Crippen molar-refractivity contribution in [1.82, 2.24) is 0 Å². The molecule has 0 bridgehead atoms. The Morgan fingerprint density at radius 3 is 2.05 bits per heavy atom. The summed E-state index contributed by atoms with van der Waals surface area (Å²) >= 11 is 0. The van der Waals surface area contributed by atoms with Crippen LogP contribution in [0.15, 0.2) is 73.3 Å². The molecule has 0 heterocycles. The van der Waals surface area contributed by atoms with Crippen LogP contribution >= 0.6 is 0 Å². The smallest absolute Gasteiger partial charge is 0.113 e. The largest absolute Gasteiger partial charge is 0.385 e. The Balaban J connectivity index is 2.19. The predicted molar refractivity (Wildman–Crippen MR) is 81.4 cm³/mol. The number of benzene rings is 2. The van der Waals surface area contributed by atoms with E-state index in [2.05, 4.69) is 6.58 Å². The van der Waals surface area contributed by atoms with Gasteiger partial charge in [-0.25, -0.2) is 0 Å². The van der Waals surface area contributed by atoms with Gasteiger partial charge in [0, 0.05) is 0 Å². The van der Waals surface area contributed by atoms with Gasteiger partial charge in [-0.3, -0.25) is 0 Å². The molecule has 0 saturated heterocycles. The number of ether oxygens (including phenoxy) is 1. The fraction of sp³-hybridized carbons (Fsp3) is 0.222. The van der Waals surface area contributed by atoms with Crippen LogP contribution < -0.4 is 0 Å². The standard InChI is InChI=1S/C18H20O2/c1-2-3-14-20-18(16-12-8-5-9-13-16)17(19)15-10-6-4-7-11-15/h2,4-13,17-19H,1,3,14H2/t17-,18+/m1/s1. The Morgan fingerprint density at radius 1 is 0.950 bits per heavy atom. The third-order valence-corrected chi connectivity index (χ3v) is 3.18. The molecule has 0 radical (unpaired) electrons. The SMILES string of the molecule is C=CCCO[C@@H](c1ccccc1)[C@H](O)c1ccccc1. The Kier molecular flexibility index (Phi) is 5.54. The van der Waals surface area contributed by atoms with Gasteiger partial charge in [0.1, 0.15) is 12.2 Å². The zero-order chi connectivity index (χ0) is 14.2. The second kappa shape index (κ2) is 7.63.